The van der Waals surface area contributed by atoms with E-state index in [2.05, 4.69) is 4.99 Å². The summed E-state index contributed by atoms with van der Waals surface area (Å²) in [5.74, 6) is 0.875. The van der Waals surface area contributed by atoms with Gasteiger partial charge >= 0.3 is 0 Å². The molecule has 0 unspecified atom stereocenters. The number of ether oxygens (including phenoxy) is 1. The molecule has 0 aliphatic heterocycles. The third kappa shape index (κ3) is 8.07. The van der Waals surface area contributed by atoms with Gasteiger partial charge in [-0.05, 0) is 0 Å². The van der Waals surface area contributed by atoms with Gasteiger partial charge in [0.15, 0.2) is 5.17 Å². The maximum Gasteiger partial charge on any atom is 0.153 e. The van der Waals surface area contributed by atoms with Crippen LogP contribution in [-0.2, 0) is 4.74 Å². The van der Waals surface area contributed by atoms with Crippen LogP contribution in [0.15, 0.2) is 4.99 Å². The third-order valence-electron chi connectivity index (χ3n) is 0.758. The second kappa shape index (κ2) is 9.07. The molecular formula is C5H13ClN2OS. The summed E-state index contributed by atoms with van der Waals surface area (Å²) in [6.07, 6.45) is 0. The third-order valence-corrected chi connectivity index (χ3v) is 1.61. The van der Waals surface area contributed by atoms with E-state index < -0.39 is 0 Å². The highest BCUT2D eigenvalue weighted by Gasteiger charge is 1.89. The molecule has 0 aliphatic carbocycles. The molecule has 0 aromatic heterocycles. The number of thioether (sulfide) groups is 1. The number of methoxy groups -OCH3 is 1. The Morgan fingerprint density at radius 2 is 2.30 bits per heavy atom. The van der Waals surface area contributed by atoms with Gasteiger partial charge in [0, 0.05) is 19.9 Å². The molecule has 0 aromatic carbocycles. The first-order valence-corrected chi connectivity index (χ1v) is 3.63. The number of rotatable bonds is 3. The number of amidine groups is 1. The van der Waals surface area contributed by atoms with Crippen molar-refractivity contribution in [1.82, 2.24) is 0 Å². The Bertz CT molecular complexity index is 99.6. The fourth-order valence-corrected chi connectivity index (χ4v) is 0.882. The maximum absolute atomic E-state index is 5.37. The van der Waals surface area contributed by atoms with E-state index in [1.54, 1.807) is 14.2 Å². The van der Waals surface area contributed by atoms with E-state index >= 15 is 0 Å². The Kier molecular flexibility index (Phi) is 11.5. The van der Waals surface area contributed by atoms with Crippen LogP contribution in [0.1, 0.15) is 0 Å². The number of nitrogens with two attached hydrogens (primary N) is 1. The summed E-state index contributed by atoms with van der Waals surface area (Å²) in [4.78, 5) is 3.76. The Hall–Kier alpha value is 0.0700. The van der Waals surface area contributed by atoms with E-state index in [4.69, 9.17) is 10.5 Å². The van der Waals surface area contributed by atoms with Crippen molar-refractivity contribution in [2.45, 2.75) is 0 Å². The van der Waals surface area contributed by atoms with Crippen LogP contribution in [0.4, 0.5) is 0 Å². The summed E-state index contributed by atoms with van der Waals surface area (Å²) in [6.45, 7) is 0.723. The van der Waals surface area contributed by atoms with E-state index in [0.29, 0.717) is 5.17 Å². The van der Waals surface area contributed by atoms with Crippen LogP contribution in [0, 0.1) is 0 Å². The van der Waals surface area contributed by atoms with Crippen molar-refractivity contribution >= 4 is 29.3 Å². The monoisotopic (exact) mass is 184 g/mol. The maximum atomic E-state index is 5.37. The Morgan fingerprint density at radius 3 is 2.70 bits per heavy atom. The molecule has 0 rings (SSSR count). The molecule has 0 spiro atoms. The highest BCUT2D eigenvalue weighted by Crippen LogP contribution is 1.97. The highest BCUT2D eigenvalue weighted by molar-refractivity contribution is 8.13. The summed E-state index contributed by atoms with van der Waals surface area (Å²) >= 11 is 1.50. The van der Waals surface area contributed by atoms with Gasteiger partial charge < -0.3 is 10.5 Å². The lowest BCUT2D eigenvalue weighted by atomic mass is 10.9. The SMILES string of the molecule is CN=C(N)SCCOC.Cl. The Balaban J connectivity index is 0. The quantitative estimate of drug-likeness (QED) is 0.400. The zero-order chi connectivity index (χ0) is 7.11. The molecule has 0 atom stereocenters. The number of hydrogen-bond acceptors (Lipinski definition) is 3. The van der Waals surface area contributed by atoms with Gasteiger partial charge in [0.05, 0.1) is 6.61 Å². The summed E-state index contributed by atoms with van der Waals surface area (Å²) in [7, 11) is 3.34. The minimum absolute atomic E-state index is 0. The van der Waals surface area contributed by atoms with Crippen LogP contribution in [0.25, 0.3) is 0 Å². The molecule has 0 aromatic rings. The molecular weight excluding hydrogens is 172 g/mol. The molecule has 0 aliphatic rings. The van der Waals surface area contributed by atoms with Crippen LogP contribution < -0.4 is 5.73 Å². The van der Waals surface area contributed by atoms with Crippen molar-refractivity contribution in [1.29, 1.82) is 0 Å². The predicted molar refractivity (Wildman–Crippen MR) is 49.1 cm³/mol. The fraction of sp³-hybridized carbons (Fsp3) is 0.800. The van der Waals surface area contributed by atoms with Gasteiger partial charge in [-0.25, -0.2) is 0 Å². The zero-order valence-electron chi connectivity index (χ0n) is 6.16. The molecule has 3 nitrogen and oxygen atoms in total. The van der Waals surface area contributed by atoms with E-state index in [1.807, 2.05) is 0 Å². The van der Waals surface area contributed by atoms with Crippen LogP contribution in [0.5, 0.6) is 0 Å². The second-order valence-electron chi connectivity index (χ2n) is 1.40. The van der Waals surface area contributed by atoms with Crippen molar-refractivity contribution in [3.8, 4) is 0 Å². The summed E-state index contributed by atoms with van der Waals surface area (Å²) in [5, 5.41) is 0.618. The van der Waals surface area contributed by atoms with Crippen LogP contribution in [0.3, 0.4) is 0 Å². The number of halogens is 1. The minimum Gasteiger partial charge on any atom is -0.384 e. The van der Waals surface area contributed by atoms with Crippen LogP contribution in [0.2, 0.25) is 0 Å². The Labute approximate surface area is 71.8 Å². The standard InChI is InChI=1S/C5H12N2OS.ClH/c1-7-5(6)9-4-3-8-2;/h3-4H2,1-2H3,(H2,6,7);1H. The number of nitrogens with zero attached hydrogens (tertiary/aromatic N) is 1. The van der Waals surface area contributed by atoms with E-state index in [0.717, 1.165) is 12.4 Å². The van der Waals surface area contributed by atoms with Gasteiger partial charge in [-0.3, -0.25) is 4.99 Å². The highest BCUT2D eigenvalue weighted by atomic mass is 35.5. The van der Waals surface area contributed by atoms with Crippen LogP contribution >= 0.6 is 24.2 Å². The van der Waals surface area contributed by atoms with Crippen molar-refractivity contribution in [3.05, 3.63) is 0 Å². The first-order valence-electron chi connectivity index (χ1n) is 2.65. The average Bonchev–Trinajstić information content (AvgIpc) is 1.89. The van der Waals surface area contributed by atoms with Gasteiger partial charge in [-0.1, -0.05) is 11.8 Å². The molecule has 0 bridgehead atoms. The zero-order valence-corrected chi connectivity index (χ0v) is 7.80. The molecule has 0 saturated heterocycles. The normalized spacial score (nSPS) is 10.8. The number of hydrogen-bond donors (Lipinski definition) is 1. The lowest BCUT2D eigenvalue weighted by Crippen LogP contribution is -2.08. The lowest BCUT2D eigenvalue weighted by molar-refractivity contribution is 0.219. The summed E-state index contributed by atoms with van der Waals surface area (Å²) in [5.41, 5.74) is 5.37. The number of aliphatic imine (C=N–C) groups is 1. The van der Waals surface area contributed by atoms with Gasteiger partial charge in [-0.15, -0.1) is 12.4 Å². The molecule has 0 amide bonds. The predicted octanol–water partition coefficient (Wildman–Crippen LogP) is 0.732. The first-order chi connectivity index (χ1) is 4.31. The molecule has 10 heavy (non-hydrogen) atoms. The van der Waals surface area contributed by atoms with E-state index in [1.165, 1.54) is 11.8 Å². The molecule has 5 heteroatoms. The largest absolute Gasteiger partial charge is 0.384 e. The van der Waals surface area contributed by atoms with Crippen LogP contribution in [-0.4, -0.2) is 31.7 Å². The van der Waals surface area contributed by atoms with Gasteiger partial charge in [-0.2, -0.15) is 0 Å². The lowest BCUT2D eigenvalue weighted by Gasteiger charge is -1.96. The van der Waals surface area contributed by atoms with Crippen molar-refractivity contribution < 1.29 is 4.74 Å². The molecule has 0 saturated carbocycles. The van der Waals surface area contributed by atoms with Crippen molar-refractivity contribution in [3.63, 3.8) is 0 Å². The molecule has 0 heterocycles. The van der Waals surface area contributed by atoms with Crippen molar-refractivity contribution in [2.24, 2.45) is 10.7 Å². The molecule has 0 radical (unpaired) electrons. The first kappa shape index (κ1) is 12.7. The fourth-order valence-electron chi connectivity index (χ4n) is 0.294. The van der Waals surface area contributed by atoms with E-state index in [-0.39, 0.29) is 12.4 Å². The second-order valence-corrected chi connectivity index (χ2v) is 2.52. The molecule has 62 valence electrons. The topological polar surface area (TPSA) is 47.6 Å². The van der Waals surface area contributed by atoms with Gasteiger partial charge in [0.2, 0.25) is 0 Å². The van der Waals surface area contributed by atoms with Gasteiger partial charge in [0.25, 0.3) is 0 Å². The van der Waals surface area contributed by atoms with Crippen molar-refractivity contribution in [2.75, 3.05) is 26.5 Å². The molecule has 2 N–H and O–H groups in total. The summed E-state index contributed by atoms with van der Waals surface area (Å²) in [6, 6.07) is 0. The Morgan fingerprint density at radius 1 is 1.70 bits per heavy atom. The van der Waals surface area contributed by atoms with E-state index in [9.17, 15) is 0 Å². The smallest absolute Gasteiger partial charge is 0.153 e. The minimum atomic E-state index is 0. The van der Waals surface area contributed by atoms with Gasteiger partial charge in [0.1, 0.15) is 0 Å². The molecule has 0 fully saturated rings. The summed E-state index contributed by atoms with van der Waals surface area (Å²) < 4.78 is 4.81. The average molecular weight is 185 g/mol.